The Hall–Kier alpha value is 0.380. The summed E-state index contributed by atoms with van der Waals surface area (Å²) < 4.78 is 22.7. The molecule has 0 bridgehead atoms. The van der Waals surface area contributed by atoms with E-state index in [4.69, 9.17) is 16.7 Å². The molecule has 1 aromatic rings. The van der Waals surface area contributed by atoms with Crippen molar-refractivity contribution in [3.05, 3.63) is 16.0 Å². The summed E-state index contributed by atoms with van der Waals surface area (Å²) in [5.74, 6) is 0. The third kappa shape index (κ3) is 2.92. The molecule has 13 heavy (non-hydrogen) atoms. The lowest BCUT2D eigenvalue weighted by molar-refractivity contribution is 0.599. The molecule has 0 saturated carbocycles. The van der Waals surface area contributed by atoms with E-state index in [-0.39, 0.29) is 4.21 Å². The average molecular weight is 305 g/mol. The van der Waals surface area contributed by atoms with Gasteiger partial charge in [-0.25, -0.2) is 13.6 Å². The van der Waals surface area contributed by atoms with Gasteiger partial charge in [-0.15, -0.1) is 11.3 Å². The van der Waals surface area contributed by atoms with Crippen LogP contribution in [0.4, 0.5) is 0 Å². The maximum absolute atomic E-state index is 11.1. The molecule has 0 aliphatic heterocycles. The molecule has 0 aromatic carbocycles. The predicted octanol–water partition coefficient (Wildman–Crippen LogP) is 1.99. The molecule has 0 fully saturated rings. The summed E-state index contributed by atoms with van der Waals surface area (Å²) in [7, 11) is -3.62. The zero-order chi connectivity index (χ0) is 10.1. The quantitative estimate of drug-likeness (QED) is 0.868. The summed E-state index contributed by atoms with van der Waals surface area (Å²) >= 11 is 9.91. The van der Waals surface area contributed by atoms with Gasteiger partial charge < -0.3 is 0 Å². The number of primary sulfonamides is 1. The molecule has 0 spiro atoms. The first-order chi connectivity index (χ1) is 5.95. The number of halogens is 2. The van der Waals surface area contributed by atoms with Crippen LogP contribution in [0.25, 0.3) is 0 Å². The minimum atomic E-state index is -3.62. The van der Waals surface area contributed by atoms with Crippen molar-refractivity contribution in [3.63, 3.8) is 0 Å². The van der Waals surface area contributed by atoms with Crippen LogP contribution in [0.3, 0.4) is 0 Å². The van der Waals surface area contributed by atoms with E-state index in [1.54, 1.807) is 6.07 Å². The summed E-state index contributed by atoms with van der Waals surface area (Å²) in [6, 6.07) is 1.63. The molecular formula is C6H7BrClNO2S2. The summed E-state index contributed by atoms with van der Waals surface area (Å²) in [5.41, 5.74) is 0.675. The molecule has 1 aromatic heterocycles. The Morgan fingerprint density at radius 1 is 1.62 bits per heavy atom. The largest absolute Gasteiger partial charge is 0.247 e. The van der Waals surface area contributed by atoms with Crippen LogP contribution in [0.1, 0.15) is 5.56 Å². The molecule has 3 nitrogen and oxygen atoms in total. The highest BCUT2D eigenvalue weighted by Crippen LogP contribution is 2.30. The number of hydrogen-bond acceptors (Lipinski definition) is 3. The summed E-state index contributed by atoms with van der Waals surface area (Å²) in [4.78, 5) is 0. The molecule has 0 atom stereocenters. The van der Waals surface area contributed by atoms with Crippen LogP contribution in [0.2, 0.25) is 4.34 Å². The number of rotatable bonds is 3. The van der Waals surface area contributed by atoms with E-state index in [0.29, 0.717) is 21.7 Å². The third-order valence-corrected chi connectivity index (χ3v) is 4.59. The van der Waals surface area contributed by atoms with Crippen molar-refractivity contribution in [2.75, 3.05) is 5.33 Å². The van der Waals surface area contributed by atoms with Crippen LogP contribution in [-0.2, 0) is 16.4 Å². The maximum Gasteiger partial charge on any atom is 0.247 e. The van der Waals surface area contributed by atoms with Crippen LogP contribution in [-0.4, -0.2) is 13.7 Å². The van der Waals surface area contributed by atoms with Crippen molar-refractivity contribution in [1.82, 2.24) is 0 Å². The molecule has 2 N–H and O–H groups in total. The van der Waals surface area contributed by atoms with Gasteiger partial charge in [-0.05, 0) is 18.1 Å². The Bertz CT molecular complexity index is 401. The van der Waals surface area contributed by atoms with E-state index >= 15 is 0 Å². The fourth-order valence-electron chi connectivity index (χ4n) is 0.896. The molecule has 0 amide bonds. The zero-order valence-electron chi connectivity index (χ0n) is 6.46. The standard InChI is InChI=1S/C6H7BrClNO2S2/c7-2-1-4-3-5(8)12-6(4)13(9,10)11/h3H,1-2H2,(H2,9,10,11). The smallest absolute Gasteiger partial charge is 0.224 e. The fraction of sp³-hybridized carbons (Fsp3) is 0.333. The summed E-state index contributed by atoms with van der Waals surface area (Å²) in [6.45, 7) is 0. The summed E-state index contributed by atoms with van der Waals surface area (Å²) in [5, 5.41) is 5.69. The van der Waals surface area contributed by atoms with Gasteiger partial charge in [-0.2, -0.15) is 0 Å². The Kier molecular flexibility index (Phi) is 3.76. The lowest BCUT2D eigenvalue weighted by atomic mass is 10.3. The zero-order valence-corrected chi connectivity index (χ0v) is 10.4. The number of aryl methyl sites for hydroxylation is 1. The van der Waals surface area contributed by atoms with Crippen molar-refractivity contribution < 1.29 is 8.42 Å². The molecular weight excluding hydrogens is 298 g/mol. The number of thiophene rings is 1. The van der Waals surface area contributed by atoms with E-state index in [2.05, 4.69) is 15.9 Å². The van der Waals surface area contributed by atoms with Crippen molar-refractivity contribution >= 4 is 48.9 Å². The number of sulfonamides is 1. The van der Waals surface area contributed by atoms with Gasteiger partial charge in [0.15, 0.2) is 0 Å². The third-order valence-electron chi connectivity index (χ3n) is 1.36. The van der Waals surface area contributed by atoms with Crippen LogP contribution < -0.4 is 5.14 Å². The molecule has 0 saturated heterocycles. The van der Waals surface area contributed by atoms with E-state index in [1.807, 2.05) is 0 Å². The Morgan fingerprint density at radius 2 is 2.23 bits per heavy atom. The van der Waals surface area contributed by atoms with E-state index in [0.717, 1.165) is 11.3 Å². The normalized spacial score (nSPS) is 11.9. The number of alkyl halides is 1. The van der Waals surface area contributed by atoms with Crippen molar-refractivity contribution in [1.29, 1.82) is 0 Å². The van der Waals surface area contributed by atoms with Crippen LogP contribution >= 0.6 is 38.9 Å². The maximum atomic E-state index is 11.1. The molecule has 1 rings (SSSR count). The predicted molar refractivity (Wildman–Crippen MR) is 58.2 cm³/mol. The van der Waals surface area contributed by atoms with Gasteiger partial charge in [-0.3, -0.25) is 0 Å². The Labute approximate surface area is 94.1 Å². The van der Waals surface area contributed by atoms with E-state index < -0.39 is 10.0 Å². The second-order valence-electron chi connectivity index (χ2n) is 2.35. The Balaban J connectivity index is 3.20. The molecule has 0 radical (unpaired) electrons. The first kappa shape index (κ1) is 11.5. The molecule has 1 heterocycles. The first-order valence-electron chi connectivity index (χ1n) is 3.32. The minimum Gasteiger partial charge on any atom is -0.224 e. The molecule has 0 aliphatic rings. The van der Waals surface area contributed by atoms with Crippen molar-refractivity contribution in [2.45, 2.75) is 10.6 Å². The van der Waals surface area contributed by atoms with Crippen molar-refractivity contribution in [3.8, 4) is 0 Å². The lowest BCUT2D eigenvalue weighted by Crippen LogP contribution is -2.12. The van der Waals surface area contributed by atoms with Gasteiger partial charge in [0.25, 0.3) is 0 Å². The average Bonchev–Trinajstić information content (AvgIpc) is 2.30. The highest BCUT2D eigenvalue weighted by molar-refractivity contribution is 9.09. The molecule has 7 heteroatoms. The van der Waals surface area contributed by atoms with Crippen LogP contribution in [0, 0.1) is 0 Å². The van der Waals surface area contributed by atoms with Gasteiger partial charge >= 0.3 is 0 Å². The van der Waals surface area contributed by atoms with E-state index in [1.165, 1.54) is 0 Å². The van der Waals surface area contributed by atoms with E-state index in [9.17, 15) is 8.42 Å². The van der Waals surface area contributed by atoms with Gasteiger partial charge in [0, 0.05) is 5.33 Å². The molecule has 74 valence electrons. The fourth-order valence-corrected chi connectivity index (χ4v) is 3.75. The molecule has 0 unspecified atom stereocenters. The lowest BCUT2D eigenvalue weighted by Gasteiger charge is -1.97. The first-order valence-corrected chi connectivity index (χ1v) is 7.18. The summed E-state index contributed by atoms with van der Waals surface area (Å²) in [6.07, 6.45) is 0.606. The second-order valence-corrected chi connectivity index (χ2v) is 6.58. The van der Waals surface area contributed by atoms with Gasteiger partial charge in [-0.1, -0.05) is 27.5 Å². The highest BCUT2D eigenvalue weighted by atomic mass is 79.9. The van der Waals surface area contributed by atoms with Gasteiger partial charge in [0.05, 0.1) is 4.34 Å². The van der Waals surface area contributed by atoms with Crippen molar-refractivity contribution in [2.24, 2.45) is 5.14 Å². The van der Waals surface area contributed by atoms with Crippen LogP contribution in [0.5, 0.6) is 0 Å². The Morgan fingerprint density at radius 3 is 2.69 bits per heavy atom. The topological polar surface area (TPSA) is 60.2 Å². The number of nitrogens with two attached hydrogens (primary N) is 1. The monoisotopic (exact) mass is 303 g/mol. The highest BCUT2D eigenvalue weighted by Gasteiger charge is 2.17. The van der Waals surface area contributed by atoms with Gasteiger partial charge in [0.2, 0.25) is 10.0 Å². The molecule has 0 aliphatic carbocycles. The number of hydrogen-bond donors (Lipinski definition) is 1. The second kappa shape index (κ2) is 4.27. The van der Waals surface area contributed by atoms with Gasteiger partial charge in [0.1, 0.15) is 4.21 Å². The minimum absolute atomic E-state index is 0.164. The SMILES string of the molecule is NS(=O)(=O)c1sc(Cl)cc1CCBr. The van der Waals surface area contributed by atoms with Crippen LogP contribution in [0.15, 0.2) is 10.3 Å².